The molecule has 0 radical (unpaired) electrons. The number of hydrogen-bond acceptors (Lipinski definition) is 2. The molecule has 0 aliphatic rings. The molecule has 0 aliphatic carbocycles. The molecule has 1 heterocycles. The lowest BCUT2D eigenvalue weighted by Gasteiger charge is -1.99. The molecule has 14 heavy (non-hydrogen) atoms. The van der Waals surface area contributed by atoms with E-state index in [0.29, 0.717) is 0 Å². The molecule has 0 fully saturated rings. The van der Waals surface area contributed by atoms with E-state index in [9.17, 15) is 0 Å². The van der Waals surface area contributed by atoms with Gasteiger partial charge in [-0.3, -0.25) is 0 Å². The second-order valence-electron chi connectivity index (χ2n) is 2.67. The molecule has 0 unspecified atom stereocenters. The smallest absolute Gasteiger partial charge is 0.137 e. The Hall–Kier alpha value is -1.77. The number of rotatable bonds is 2. The predicted octanol–water partition coefficient (Wildman–Crippen LogP) is 2.72. The molecule has 1 aromatic carbocycles. The summed E-state index contributed by atoms with van der Waals surface area (Å²) in [4.78, 5) is 7.18. The summed E-state index contributed by atoms with van der Waals surface area (Å²) in [5.74, 6) is 1.73. The fraction of sp³-hybridized carbons (Fsp3) is 0.182. The minimum atomic E-state index is 0. The van der Waals surface area contributed by atoms with E-state index in [2.05, 4.69) is 9.97 Å². The van der Waals surface area contributed by atoms with Crippen LogP contribution in [0.25, 0.3) is 11.4 Å². The van der Waals surface area contributed by atoms with Crippen LogP contribution in [-0.4, -0.2) is 17.1 Å². The van der Waals surface area contributed by atoms with Crippen molar-refractivity contribution in [2.45, 2.75) is 7.43 Å². The molecule has 2 aromatic rings. The van der Waals surface area contributed by atoms with Crippen LogP contribution in [0.5, 0.6) is 5.75 Å². The maximum atomic E-state index is 5.06. The number of aromatic nitrogens is 2. The van der Waals surface area contributed by atoms with Crippen molar-refractivity contribution < 1.29 is 4.74 Å². The number of nitrogens with one attached hydrogen (secondary N) is 1. The maximum absolute atomic E-state index is 5.06. The third-order valence-corrected chi connectivity index (χ3v) is 1.86. The highest BCUT2D eigenvalue weighted by Crippen LogP contribution is 2.18. The molecule has 1 aromatic heterocycles. The summed E-state index contributed by atoms with van der Waals surface area (Å²) in [6.07, 6.45) is 3.54. The second kappa shape index (κ2) is 4.46. The Labute approximate surface area is 83.8 Å². The average molecular weight is 190 g/mol. The van der Waals surface area contributed by atoms with Crippen molar-refractivity contribution in [3.63, 3.8) is 0 Å². The number of methoxy groups -OCH3 is 1. The summed E-state index contributed by atoms with van der Waals surface area (Å²) in [7, 11) is 1.65. The molecular weight excluding hydrogens is 176 g/mol. The van der Waals surface area contributed by atoms with Gasteiger partial charge >= 0.3 is 0 Å². The minimum Gasteiger partial charge on any atom is -0.497 e. The van der Waals surface area contributed by atoms with Crippen LogP contribution in [0.1, 0.15) is 7.43 Å². The monoisotopic (exact) mass is 190 g/mol. The number of imidazole rings is 1. The van der Waals surface area contributed by atoms with Crippen LogP contribution in [0, 0.1) is 0 Å². The van der Waals surface area contributed by atoms with Gasteiger partial charge in [-0.15, -0.1) is 0 Å². The predicted molar refractivity (Wildman–Crippen MR) is 57.3 cm³/mol. The van der Waals surface area contributed by atoms with E-state index in [1.165, 1.54) is 0 Å². The first kappa shape index (κ1) is 10.3. The highest BCUT2D eigenvalue weighted by Gasteiger charge is 1.98. The van der Waals surface area contributed by atoms with Gasteiger partial charge in [-0.1, -0.05) is 7.43 Å². The number of H-pyrrole nitrogens is 1. The normalized spacial score (nSPS) is 9.21. The van der Waals surface area contributed by atoms with Crippen molar-refractivity contribution in [1.82, 2.24) is 9.97 Å². The molecule has 3 nitrogen and oxygen atoms in total. The molecule has 0 saturated heterocycles. The molecule has 3 heteroatoms. The Morgan fingerprint density at radius 3 is 2.43 bits per heavy atom. The Morgan fingerprint density at radius 2 is 1.93 bits per heavy atom. The number of aromatic amines is 1. The van der Waals surface area contributed by atoms with Gasteiger partial charge in [0.15, 0.2) is 0 Å². The van der Waals surface area contributed by atoms with E-state index in [4.69, 9.17) is 4.74 Å². The summed E-state index contributed by atoms with van der Waals surface area (Å²) in [5, 5.41) is 0. The third kappa shape index (κ3) is 1.93. The van der Waals surface area contributed by atoms with Gasteiger partial charge in [-0.2, -0.15) is 0 Å². The lowest BCUT2D eigenvalue weighted by atomic mass is 10.2. The van der Waals surface area contributed by atoms with E-state index >= 15 is 0 Å². The van der Waals surface area contributed by atoms with Crippen molar-refractivity contribution in [3.05, 3.63) is 36.7 Å². The van der Waals surface area contributed by atoms with Crippen LogP contribution in [0.3, 0.4) is 0 Å². The van der Waals surface area contributed by atoms with Gasteiger partial charge in [-0.05, 0) is 24.3 Å². The fourth-order valence-electron chi connectivity index (χ4n) is 1.17. The molecule has 0 spiro atoms. The van der Waals surface area contributed by atoms with Crippen LogP contribution in [0.2, 0.25) is 0 Å². The Balaban J connectivity index is 0.000000980. The SMILES string of the molecule is C.COc1ccc(-c2ncc[nH]2)cc1. The molecule has 1 N–H and O–H groups in total. The molecule has 74 valence electrons. The lowest BCUT2D eigenvalue weighted by Crippen LogP contribution is -1.83. The second-order valence-corrected chi connectivity index (χ2v) is 2.67. The van der Waals surface area contributed by atoms with E-state index in [1.54, 1.807) is 19.5 Å². The van der Waals surface area contributed by atoms with Crippen LogP contribution in [-0.2, 0) is 0 Å². The number of ether oxygens (including phenoxy) is 1. The summed E-state index contributed by atoms with van der Waals surface area (Å²) in [5.41, 5.74) is 1.06. The molecule has 0 atom stereocenters. The molecule has 0 amide bonds. The van der Waals surface area contributed by atoms with Gasteiger partial charge in [-0.25, -0.2) is 4.98 Å². The number of nitrogens with zero attached hydrogens (tertiary/aromatic N) is 1. The largest absolute Gasteiger partial charge is 0.497 e. The van der Waals surface area contributed by atoms with E-state index in [1.807, 2.05) is 24.3 Å². The zero-order chi connectivity index (χ0) is 9.10. The zero-order valence-corrected chi connectivity index (χ0v) is 7.32. The summed E-state index contributed by atoms with van der Waals surface area (Å²) in [6.45, 7) is 0. The van der Waals surface area contributed by atoms with Gasteiger partial charge < -0.3 is 9.72 Å². The molecular formula is C11H14N2O. The Morgan fingerprint density at radius 1 is 1.21 bits per heavy atom. The van der Waals surface area contributed by atoms with Gasteiger partial charge in [0.2, 0.25) is 0 Å². The first-order chi connectivity index (χ1) is 6.40. The number of benzene rings is 1. The number of hydrogen-bond donors (Lipinski definition) is 1. The van der Waals surface area contributed by atoms with Crippen molar-refractivity contribution in [3.8, 4) is 17.1 Å². The third-order valence-electron chi connectivity index (χ3n) is 1.86. The van der Waals surface area contributed by atoms with Crippen LogP contribution >= 0.6 is 0 Å². The van der Waals surface area contributed by atoms with Crippen molar-refractivity contribution in [2.75, 3.05) is 7.11 Å². The Kier molecular flexibility index (Phi) is 3.29. The van der Waals surface area contributed by atoms with Gasteiger partial charge in [0, 0.05) is 18.0 Å². The van der Waals surface area contributed by atoms with Gasteiger partial charge in [0.05, 0.1) is 7.11 Å². The van der Waals surface area contributed by atoms with Crippen molar-refractivity contribution >= 4 is 0 Å². The fourth-order valence-corrected chi connectivity index (χ4v) is 1.17. The molecule has 2 rings (SSSR count). The van der Waals surface area contributed by atoms with E-state index in [0.717, 1.165) is 17.1 Å². The van der Waals surface area contributed by atoms with E-state index in [-0.39, 0.29) is 7.43 Å². The van der Waals surface area contributed by atoms with Gasteiger partial charge in [0.1, 0.15) is 11.6 Å². The van der Waals surface area contributed by atoms with Crippen LogP contribution in [0.4, 0.5) is 0 Å². The average Bonchev–Trinajstić information content (AvgIpc) is 2.71. The molecule has 0 aliphatic heterocycles. The lowest BCUT2D eigenvalue weighted by molar-refractivity contribution is 0.415. The van der Waals surface area contributed by atoms with Crippen LogP contribution in [0.15, 0.2) is 36.7 Å². The van der Waals surface area contributed by atoms with Crippen molar-refractivity contribution in [1.29, 1.82) is 0 Å². The standard InChI is InChI=1S/C10H10N2O.CH4/c1-13-9-4-2-8(3-5-9)10-11-6-7-12-10;/h2-7H,1H3,(H,11,12);1H4. The van der Waals surface area contributed by atoms with Gasteiger partial charge in [0.25, 0.3) is 0 Å². The summed E-state index contributed by atoms with van der Waals surface area (Å²) in [6, 6.07) is 7.77. The minimum absolute atomic E-state index is 0. The first-order valence-corrected chi connectivity index (χ1v) is 4.04. The highest BCUT2D eigenvalue weighted by atomic mass is 16.5. The highest BCUT2D eigenvalue weighted by molar-refractivity contribution is 5.55. The first-order valence-electron chi connectivity index (χ1n) is 4.04. The topological polar surface area (TPSA) is 37.9 Å². The Bertz CT molecular complexity index is 365. The van der Waals surface area contributed by atoms with E-state index < -0.39 is 0 Å². The zero-order valence-electron chi connectivity index (χ0n) is 7.32. The summed E-state index contributed by atoms with van der Waals surface area (Å²) >= 11 is 0. The molecule has 0 saturated carbocycles. The van der Waals surface area contributed by atoms with Crippen LogP contribution < -0.4 is 4.74 Å². The maximum Gasteiger partial charge on any atom is 0.137 e. The van der Waals surface area contributed by atoms with Crippen molar-refractivity contribution in [2.24, 2.45) is 0 Å². The quantitative estimate of drug-likeness (QED) is 0.790. The summed E-state index contributed by atoms with van der Waals surface area (Å²) < 4.78 is 5.06. The molecule has 0 bridgehead atoms.